The largest absolute Gasteiger partial charge is 0.462 e. The number of rotatable bonds is 7. The van der Waals surface area contributed by atoms with E-state index in [1.807, 2.05) is 0 Å². The molecule has 2 heterocycles. The van der Waals surface area contributed by atoms with Crippen LogP contribution >= 0.6 is 22.9 Å². The molecule has 1 unspecified atom stereocenters. The van der Waals surface area contributed by atoms with E-state index in [-0.39, 0.29) is 17.2 Å². The van der Waals surface area contributed by atoms with Crippen molar-refractivity contribution in [1.82, 2.24) is 9.78 Å². The highest BCUT2D eigenvalue weighted by molar-refractivity contribution is 7.17. The SMILES string of the molecule is CCOC(=O)c1c(NC(=O)C(C)n2nc(C(F)F)c(Cl)c2C(F)F)sc2c1CCCC2. The number of aromatic nitrogens is 2. The Bertz CT molecular complexity index is 993. The summed E-state index contributed by atoms with van der Waals surface area (Å²) in [5, 5.41) is 5.39. The third-order valence-corrected chi connectivity index (χ3v) is 6.55. The van der Waals surface area contributed by atoms with Crippen LogP contribution in [0, 0.1) is 0 Å². The predicted octanol–water partition coefficient (Wildman–Crippen LogP) is 5.73. The van der Waals surface area contributed by atoms with Crippen LogP contribution in [0.5, 0.6) is 0 Å². The van der Waals surface area contributed by atoms with Crippen LogP contribution in [0.3, 0.4) is 0 Å². The number of carbonyl (C=O) groups excluding carboxylic acids is 2. The maximum Gasteiger partial charge on any atom is 0.341 e. The zero-order valence-corrected chi connectivity index (χ0v) is 18.3. The summed E-state index contributed by atoms with van der Waals surface area (Å²) in [5.74, 6) is -1.38. The van der Waals surface area contributed by atoms with Gasteiger partial charge < -0.3 is 10.1 Å². The van der Waals surface area contributed by atoms with E-state index in [9.17, 15) is 27.2 Å². The Kier molecular flexibility index (Phi) is 7.25. The van der Waals surface area contributed by atoms with E-state index in [1.54, 1.807) is 6.92 Å². The van der Waals surface area contributed by atoms with Crippen LogP contribution < -0.4 is 5.32 Å². The molecule has 1 N–H and O–H groups in total. The van der Waals surface area contributed by atoms with Gasteiger partial charge in [0.2, 0.25) is 5.91 Å². The van der Waals surface area contributed by atoms with Gasteiger partial charge in [0, 0.05) is 4.88 Å². The number of nitrogens with zero attached hydrogens (tertiary/aromatic N) is 2. The molecule has 2 aromatic heterocycles. The van der Waals surface area contributed by atoms with Crippen molar-refractivity contribution in [2.24, 2.45) is 0 Å². The highest BCUT2D eigenvalue weighted by Gasteiger charge is 2.33. The molecule has 31 heavy (non-hydrogen) atoms. The number of ether oxygens (including phenoxy) is 1. The quantitative estimate of drug-likeness (QED) is 0.405. The van der Waals surface area contributed by atoms with Gasteiger partial charge in [0.25, 0.3) is 12.9 Å². The van der Waals surface area contributed by atoms with Crippen molar-refractivity contribution in [3.63, 3.8) is 0 Å². The topological polar surface area (TPSA) is 73.2 Å². The second-order valence-corrected chi connectivity index (χ2v) is 8.41. The van der Waals surface area contributed by atoms with E-state index < -0.39 is 47.2 Å². The normalized spacial score (nSPS) is 14.6. The smallest absolute Gasteiger partial charge is 0.341 e. The lowest BCUT2D eigenvalue weighted by atomic mass is 9.95. The summed E-state index contributed by atoms with van der Waals surface area (Å²) in [5.41, 5.74) is -0.915. The first kappa shape index (κ1) is 23.5. The molecule has 1 atom stereocenters. The molecule has 0 aromatic carbocycles. The number of fused-ring (bicyclic) bond motifs is 1. The van der Waals surface area contributed by atoms with Gasteiger partial charge in [0.1, 0.15) is 22.4 Å². The average Bonchev–Trinajstić information content (AvgIpc) is 3.24. The molecular weight excluding hydrogens is 462 g/mol. The monoisotopic (exact) mass is 481 g/mol. The minimum atomic E-state index is -3.22. The predicted molar refractivity (Wildman–Crippen MR) is 107 cm³/mol. The number of esters is 1. The number of hydrogen-bond donors (Lipinski definition) is 1. The van der Waals surface area contributed by atoms with Gasteiger partial charge in [-0.1, -0.05) is 11.6 Å². The van der Waals surface area contributed by atoms with Crippen molar-refractivity contribution in [3.05, 3.63) is 32.4 Å². The molecule has 0 radical (unpaired) electrons. The van der Waals surface area contributed by atoms with Crippen LogP contribution in [0.1, 0.15) is 77.8 Å². The van der Waals surface area contributed by atoms with E-state index in [4.69, 9.17) is 16.3 Å². The summed E-state index contributed by atoms with van der Waals surface area (Å²) in [7, 11) is 0. The number of hydrogen-bond acceptors (Lipinski definition) is 5. The summed E-state index contributed by atoms with van der Waals surface area (Å²) in [6.45, 7) is 3.04. The number of thiophene rings is 1. The van der Waals surface area contributed by atoms with Crippen LogP contribution in [0.15, 0.2) is 0 Å². The molecule has 0 aliphatic heterocycles. The molecular formula is C19H20ClF4N3O3S. The lowest BCUT2D eigenvalue weighted by Crippen LogP contribution is -2.26. The second kappa shape index (κ2) is 9.56. The molecule has 2 aromatic rings. The molecule has 3 rings (SSSR count). The fourth-order valence-corrected chi connectivity index (χ4v) is 5.05. The minimum absolute atomic E-state index is 0.146. The minimum Gasteiger partial charge on any atom is -0.462 e. The second-order valence-electron chi connectivity index (χ2n) is 6.93. The number of carbonyl (C=O) groups is 2. The lowest BCUT2D eigenvalue weighted by Gasteiger charge is -2.16. The highest BCUT2D eigenvalue weighted by atomic mass is 35.5. The Morgan fingerprint density at radius 1 is 1.23 bits per heavy atom. The third kappa shape index (κ3) is 4.57. The van der Waals surface area contributed by atoms with Crippen molar-refractivity contribution in [1.29, 1.82) is 0 Å². The van der Waals surface area contributed by atoms with Crippen LogP contribution in [-0.4, -0.2) is 28.3 Å². The van der Waals surface area contributed by atoms with Crippen molar-refractivity contribution in [3.8, 4) is 0 Å². The molecule has 0 spiro atoms. The summed E-state index contributed by atoms with van der Waals surface area (Å²) >= 11 is 6.89. The maximum absolute atomic E-state index is 13.4. The van der Waals surface area contributed by atoms with Gasteiger partial charge >= 0.3 is 5.97 Å². The maximum atomic E-state index is 13.4. The summed E-state index contributed by atoms with van der Waals surface area (Å²) in [4.78, 5) is 26.3. The molecule has 0 bridgehead atoms. The van der Waals surface area contributed by atoms with Gasteiger partial charge in [-0.15, -0.1) is 11.3 Å². The van der Waals surface area contributed by atoms with Crippen molar-refractivity contribution < 1.29 is 31.9 Å². The van der Waals surface area contributed by atoms with Gasteiger partial charge in [0.15, 0.2) is 0 Å². The van der Waals surface area contributed by atoms with Crippen LogP contribution in [-0.2, 0) is 22.4 Å². The van der Waals surface area contributed by atoms with Crippen LogP contribution in [0.25, 0.3) is 0 Å². The average molecular weight is 482 g/mol. The Hall–Kier alpha value is -2.14. The van der Waals surface area contributed by atoms with E-state index in [1.165, 1.54) is 18.3 Å². The Balaban J connectivity index is 1.95. The number of aryl methyl sites for hydroxylation is 1. The number of amides is 1. The van der Waals surface area contributed by atoms with Gasteiger partial charge in [-0.3, -0.25) is 4.79 Å². The van der Waals surface area contributed by atoms with Gasteiger partial charge in [-0.05, 0) is 45.1 Å². The number of halogens is 5. The third-order valence-electron chi connectivity index (χ3n) is 4.96. The van der Waals surface area contributed by atoms with E-state index in [0.29, 0.717) is 11.1 Å². The summed E-state index contributed by atoms with van der Waals surface area (Å²) in [6.07, 6.45) is -3.15. The Morgan fingerprint density at radius 2 is 1.90 bits per heavy atom. The standard InChI is InChI=1S/C19H20ClF4N3O3S/c1-3-30-19(29)11-9-6-4-5-7-10(9)31-18(11)25-17(28)8(2)27-14(16(23)24)12(20)13(26-27)15(21)22/h8,15-16H,3-7H2,1-2H3,(H,25,28). The molecule has 0 saturated carbocycles. The van der Waals surface area contributed by atoms with Crippen LogP contribution in [0.4, 0.5) is 22.6 Å². The molecule has 1 aliphatic rings. The molecule has 12 heteroatoms. The molecule has 170 valence electrons. The first-order chi connectivity index (χ1) is 14.7. The van der Waals surface area contributed by atoms with E-state index in [0.717, 1.165) is 29.7 Å². The number of anilines is 1. The zero-order valence-electron chi connectivity index (χ0n) is 16.7. The summed E-state index contributed by atoms with van der Waals surface area (Å²) < 4.78 is 58.7. The highest BCUT2D eigenvalue weighted by Crippen LogP contribution is 2.40. The fraction of sp³-hybridized carbons (Fsp3) is 0.526. The number of nitrogens with one attached hydrogen (secondary N) is 1. The Morgan fingerprint density at radius 3 is 2.52 bits per heavy atom. The molecule has 6 nitrogen and oxygen atoms in total. The van der Waals surface area contributed by atoms with E-state index >= 15 is 0 Å². The first-order valence-electron chi connectivity index (χ1n) is 9.63. The first-order valence-corrected chi connectivity index (χ1v) is 10.8. The summed E-state index contributed by atoms with van der Waals surface area (Å²) in [6, 6.07) is -1.39. The van der Waals surface area contributed by atoms with Crippen molar-refractivity contribution >= 4 is 39.8 Å². The van der Waals surface area contributed by atoms with Crippen molar-refractivity contribution in [2.45, 2.75) is 58.4 Å². The molecule has 0 saturated heterocycles. The van der Waals surface area contributed by atoms with Crippen LogP contribution in [0.2, 0.25) is 5.02 Å². The molecule has 0 fully saturated rings. The fourth-order valence-electron chi connectivity index (χ4n) is 3.48. The van der Waals surface area contributed by atoms with Gasteiger partial charge in [-0.25, -0.2) is 27.0 Å². The van der Waals surface area contributed by atoms with Gasteiger partial charge in [0.05, 0.1) is 17.2 Å². The number of alkyl halides is 4. The zero-order chi connectivity index (χ0) is 22.9. The molecule has 1 amide bonds. The van der Waals surface area contributed by atoms with Gasteiger partial charge in [-0.2, -0.15) is 5.10 Å². The van der Waals surface area contributed by atoms with Crippen molar-refractivity contribution in [2.75, 3.05) is 11.9 Å². The lowest BCUT2D eigenvalue weighted by molar-refractivity contribution is -0.119. The molecule has 1 aliphatic carbocycles. The van der Waals surface area contributed by atoms with E-state index in [2.05, 4.69) is 10.4 Å². The Labute approximate surface area is 184 Å².